The molecular weight excluding hydrogens is 262 g/mol. The van der Waals surface area contributed by atoms with E-state index >= 15 is 0 Å². The summed E-state index contributed by atoms with van der Waals surface area (Å²) in [7, 11) is 0. The van der Waals surface area contributed by atoms with Gasteiger partial charge >= 0.3 is 0 Å². The van der Waals surface area contributed by atoms with E-state index in [9.17, 15) is 4.79 Å². The zero-order chi connectivity index (χ0) is 14.7. The number of carbonyl (C=O) groups excluding carboxylic acids is 1. The van der Waals surface area contributed by atoms with Crippen LogP contribution >= 0.6 is 0 Å². The monoisotopic (exact) mass is 293 g/mol. The van der Waals surface area contributed by atoms with Gasteiger partial charge in [-0.3, -0.25) is 9.69 Å². The number of nitrogens with zero attached hydrogens (tertiary/aromatic N) is 2. The van der Waals surface area contributed by atoms with E-state index in [0.717, 1.165) is 38.6 Å². The minimum Gasteiger partial charge on any atom is -0.342 e. The number of rotatable bonds is 2. The van der Waals surface area contributed by atoms with E-state index in [2.05, 4.69) is 22.0 Å². The van der Waals surface area contributed by atoms with Crippen molar-refractivity contribution in [1.29, 1.82) is 0 Å². The molecule has 1 N–H and O–H groups in total. The Balaban J connectivity index is 1.51. The minimum atomic E-state index is 0.364. The fourth-order valence-corrected chi connectivity index (χ4v) is 4.37. The third kappa shape index (κ3) is 3.78. The lowest BCUT2D eigenvalue weighted by molar-refractivity contribution is -0.134. The average Bonchev–Trinajstić information content (AvgIpc) is 2.49. The lowest BCUT2D eigenvalue weighted by Gasteiger charge is -2.45. The molecular formula is C17H31N3O. The molecule has 1 spiro atoms. The fourth-order valence-electron chi connectivity index (χ4n) is 4.37. The Morgan fingerprint density at radius 1 is 1.19 bits per heavy atom. The van der Waals surface area contributed by atoms with Gasteiger partial charge in [0.05, 0.1) is 6.54 Å². The summed E-state index contributed by atoms with van der Waals surface area (Å²) < 4.78 is 0. The molecule has 1 amide bonds. The Morgan fingerprint density at radius 2 is 1.95 bits per heavy atom. The quantitative estimate of drug-likeness (QED) is 0.842. The second kappa shape index (κ2) is 6.66. The Labute approximate surface area is 129 Å². The van der Waals surface area contributed by atoms with E-state index in [1.165, 1.54) is 45.1 Å². The van der Waals surface area contributed by atoms with Crippen LogP contribution in [0.1, 0.15) is 45.4 Å². The summed E-state index contributed by atoms with van der Waals surface area (Å²) in [6.07, 6.45) is 7.59. The topological polar surface area (TPSA) is 35.6 Å². The Hall–Kier alpha value is -0.610. The van der Waals surface area contributed by atoms with Crippen molar-refractivity contribution in [3.63, 3.8) is 0 Å². The molecule has 0 bridgehead atoms. The molecule has 120 valence electrons. The van der Waals surface area contributed by atoms with Gasteiger partial charge in [-0.05, 0) is 62.9 Å². The lowest BCUT2D eigenvalue weighted by atomic mass is 9.74. The average molecular weight is 293 g/mol. The molecule has 3 saturated heterocycles. The number of nitrogens with one attached hydrogen (secondary N) is 1. The molecule has 0 aromatic heterocycles. The van der Waals surface area contributed by atoms with Crippen molar-refractivity contribution < 1.29 is 4.79 Å². The standard InChI is InChI=1S/C17H31N3O/c1-15-4-10-20(11-5-15)16(21)12-19-9-3-7-17(14-19)6-2-8-18-13-17/h15,18H,2-14H2,1H3. The van der Waals surface area contributed by atoms with E-state index in [-0.39, 0.29) is 0 Å². The fraction of sp³-hybridized carbons (Fsp3) is 0.941. The highest BCUT2D eigenvalue weighted by atomic mass is 16.2. The number of likely N-dealkylation sites (tertiary alicyclic amines) is 2. The van der Waals surface area contributed by atoms with Gasteiger partial charge in [-0.25, -0.2) is 0 Å². The third-order valence-corrected chi connectivity index (χ3v) is 5.80. The van der Waals surface area contributed by atoms with Crippen LogP contribution < -0.4 is 5.32 Å². The summed E-state index contributed by atoms with van der Waals surface area (Å²) in [6, 6.07) is 0. The summed E-state index contributed by atoms with van der Waals surface area (Å²) >= 11 is 0. The minimum absolute atomic E-state index is 0.364. The van der Waals surface area contributed by atoms with Gasteiger partial charge in [-0.15, -0.1) is 0 Å². The molecule has 3 rings (SSSR count). The first-order valence-corrected chi connectivity index (χ1v) is 8.88. The number of amides is 1. The lowest BCUT2D eigenvalue weighted by Crippen LogP contribution is -2.53. The maximum atomic E-state index is 12.5. The molecule has 4 nitrogen and oxygen atoms in total. The summed E-state index contributed by atoms with van der Waals surface area (Å²) in [5.74, 6) is 1.16. The summed E-state index contributed by atoms with van der Waals surface area (Å²) in [6.45, 7) is 9.45. The van der Waals surface area contributed by atoms with Gasteiger partial charge in [0, 0.05) is 26.2 Å². The number of hydrogen-bond donors (Lipinski definition) is 1. The summed E-state index contributed by atoms with van der Waals surface area (Å²) in [5, 5.41) is 3.57. The Kier molecular flexibility index (Phi) is 4.85. The van der Waals surface area contributed by atoms with Crippen molar-refractivity contribution in [3.8, 4) is 0 Å². The molecule has 0 radical (unpaired) electrons. The van der Waals surface area contributed by atoms with E-state index in [1.807, 2.05) is 0 Å². The van der Waals surface area contributed by atoms with Gasteiger partial charge in [0.25, 0.3) is 0 Å². The molecule has 0 aliphatic carbocycles. The van der Waals surface area contributed by atoms with Crippen LogP contribution in [0.3, 0.4) is 0 Å². The van der Waals surface area contributed by atoms with E-state index in [0.29, 0.717) is 17.9 Å². The number of piperidine rings is 3. The van der Waals surface area contributed by atoms with Crippen molar-refractivity contribution in [1.82, 2.24) is 15.1 Å². The molecule has 0 saturated carbocycles. The predicted molar refractivity (Wildman–Crippen MR) is 85.2 cm³/mol. The van der Waals surface area contributed by atoms with Crippen molar-refractivity contribution in [3.05, 3.63) is 0 Å². The van der Waals surface area contributed by atoms with Gasteiger partial charge in [0.15, 0.2) is 0 Å². The van der Waals surface area contributed by atoms with Gasteiger partial charge in [0.2, 0.25) is 5.91 Å². The van der Waals surface area contributed by atoms with E-state index in [1.54, 1.807) is 0 Å². The maximum absolute atomic E-state index is 12.5. The van der Waals surface area contributed by atoms with Crippen molar-refractivity contribution >= 4 is 5.91 Å². The molecule has 1 unspecified atom stereocenters. The molecule has 0 aromatic carbocycles. The number of hydrogen-bond acceptors (Lipinski definition) is 3. The SMILES string of the molecule is CC1CCN(C(=O)CN2CCCC3(CCCNC3)C2)CC1. The van der Waals surface area contributed by atoms with E-state index < -0.39 is 0 Å². The van der Waals surface area contributed by atoms with Crippen LogP contribution in [0.2, 0.25) is 0 Å². The molecule has 21 heavy (non-hydrogen) atoms. The largest absolute Gasteiger partial charge is 0.342 e. The second-order valence-electron chi connectivity index (χ2n) is 7.66. The van der Waals surface area contributed by atoms with Gasteiger partial charge in [0.1, 0.15) is 0 Å². The van der Waals surface area contributed by atoms with Gasteiger partial charge in [-0.2, -0.15) is 0 Å². The summed E-state index contributed by atoms with van der Waals surface area (Å²) in [5.41, 5.74) is 0.452. The van der Waals surface area contributed by atoms with Crippen LogP contribution in [0.5, 0.6) is 0 Å². The smallest absolute Gasteiger partial charge is 0.236 e. The van der Waals surface area contributed by atoms with Crippen molar-refractivity contribution in [2.75, 3.05) is 45.8 Å². The van der Waals surface area contributed by atoms with Crippen LogP contribution in [-0.2, 0) is 4.79 Å². The molecule has 4 heteroatoms. The summed E-state index contributed by atoms with van der Waals surface area (Å²) in [4.78, 5) is 17.0. The first-order chi connectivity index (χ1) is 10.2. The highest BCUT2D eigenvalue weighted by molar-refractivity contribution is 5.78. The zero-order valence-corrected chi connectivity index (χ0v) is 13.6. The van der Waals surface area contributed by atoms with Gasteiger partial charge < -0.3 is 10.2 Å². The molecule has 3 heterocycles. The third-order valence-electron chi connectivity index (χ3n) is 5.80. The van der Waals surface area contributed by atoms with Crippen molar-refractivity contribution in [2.45, 2.75) is 45.4 Å². The Morgan fingerprint density at radius 3 is 2.67 bits per heavy atom. The molecule has 3 aliphatic heterocycles. The van der Waals surface area contributed by atoms with Crippen molar-refractivity contribution in [2.24, 2.45) is 11.3 Å². The molecule has 3 aliphatic rings. The van der Waals surface area contributed by atoms with Crippen LogP contribution in [0.4, 0.5) is 0 Å². The van der Waals surface area contributed by atoms with Crippen LogP contribution in [-0.4, -0.2) is 61.5 Å². The van der Waals surface area contributed by atoms with Crippen LogP contribution in [0.25, 0.3) is 0 Å². The predicted octanol–water partition coefficient (Wildman–Crippen LogP) is 1.71. The zero-order valence-electron chi connectivity index (χ0n) is 13.6. The molecule has 0 aromatic rings. The van der Waals surface area contributed by atoms with Gasteiger partial charge in [-0.1, -0.05) is 6.92 Å². The highest BCUT2D eigenvalue weighted by Gasteiger charge is 2.37. The molecule has 3 fully saturated rings. The maximum Gasteiger partial charge on any atom is 0.236 e. The Bertz CT molecular complexity index is 352. The van der Waals surface area contributed by atoms with Crippen LogP contribution in [0.15, 0.2) is 0 Å². The van der Waals surface area contributed by atoms with Crippen LogP contribution in [0, 0.1) is 11.3 Å². The molecule has 1 atom stereocenters. The normalized spacial score (nSPS) is 32.5. The number of carbonyl (C=O) groups is 1. The first-order valence-electron chi connectivity index (χ1n) is 8.88. The highest BCUT2D eigenvalue weighted by Crippen LogP contribution is 2.35. The van der Waals surface area contributed by atoms with E-state index in [4.69, 9.17) is 0 Å². The first kappa shape index (κ1) is 15.3. The second-order valence-corrected chi connectivity index (χ2v) is 7.66.